The van der Waals surface area contributed by atoms with Crippen LogP contribution in [-0.2, 0) is 0 Å². The number of hydrogen-bond acceptors (Lipinski definition) is 3. The molecule has 1 aliphatic heterocycles. The van der Waals surface area contributed by atoms with Gasteiger partial charge in [-0.2, -0.15) is 0 Å². The van der Waals surface area contributed by atoms with E-state index >= 15 is 0 Å². The summed E-state index contributed by atoms with van der Waals surface area (Å²) in [6.45, 7) is 2.05. The zero-order valence-electron chi connectivity index (χ0n) is 10.6. The Morgan fingerprint density at radius 3 is 2.62 bits per heavy atom. The summed E-state index contributed by atoms with van der Waals surface area (Å²) in [5, 5.41) is 0. The average molecular weight is 219 g/mol. The molecule has 0 radical (unpaired) electrons. The van der Waals surface area contributed by atoms with Crippen LogP contribution >= 0.6 is 0 Å². The highest BCUT2D eigenvalue weighted by molar-refractivity contribution is 5.99. The molecule has 1 unspecified atom stereocenters. The lowest BCUT2D eigenvalue weighted by Crippen LogP contribution is -2.38. The summed E-state index contributed by atoms with van der Waals surface area (Å²) in [7, 11) is 6.28. The van der Waals surface area contributed by atoms with Crippen LogP contribution in [0.3, 0.4) is 0 Å². The molecule has 0 aromatic heterocycles. The first kappa shape index (κ1) is 11.2. The summed E-state index contributed by atoms with van der Waals surface area (Å²) in [6.07, 6.45) is 9.25. The SMILES string of the molecule is CC=CC1N=C(C2CC2)C=C(N(C)C)N1C. The molecule has 0 bridgehead atoms. The van der Waals surface area contributed by atoms with Gasteiger partial charge in [-0.15, -0.1) is 0 Å². The van der Waals surface area contributed by atoms with Crippen LogP contribution < -0.4 is 0 Å². The van der Waals surface area contributed by atoms with E-state index in [1.807, 2.05) is 6.92 Å². The normalized spacial score (nSPS) is 25.8. The Morgan fingerprint density at radius 2 is 2.12 bits per heavy atom. The summed E-state index contributed by atoms with van der Waals surface area (Å²) < 4.78 is 0. The second kappa shape index (κ2) is 4.32. The maximum absolute atomic E-state index is 4.80. The van der Waals surface area contributed by atoms with E-state index in [1.54, 1.807) is 0 Å². The second-order valence-electron chi connectivity index (χ2n) is 4.78. The molecular weight excluding hydrogens is 198 g/mol. The van der Waals surface area contributed by atoms with Crippen LogP contribution in [0.25, 0.3) is 0 Å². The smallest absolute Gasteiger partial charge is 0.141 e. The molecule has 3 nitrogen and oxygen atoms in total. The molecule has 0 saturated heterocycles. The van der Waals surface area contributed by atoms with E-state index in [4.69, 9.17) is 4.99 Å². The van der Waals surface area contributed by atoms with E-state index in [0.29, 0.717) is 0 Å². The maximum atomic E-state index is 4.80. The third-order valence-corrected chi connectivity index (χ3v) is 3.13. The average Bonchev–Trinajstić information content (AvgIpc) is 3.04. The minimum atomic E-state index is 0.169. The van der Waals surface area contributed by atoms with Crippen LogP contribution in [0, 0.1) is 5.92 Å². The van der Waals surface area contributed by atoms with Gasteiger partial charge in [-0.1, -0.05) is 6.08 Å². The Kier molecular flexibility index (Phi) is 3.03. The Hall–Kier alpha value is -1.25. The highest BCUT2D eigenvalue weighted by Gasteiger charge is 2.31. The first-order chi connectivity index (χ1) is 7.63. The lowest BCUT2D eigenvalue weighted by molar-refractivity contribution is 0.263. The molecule has 0 spiro atoms. The van der Waals surface area contributed by atoms with Crippen molar-refractivity contribution in [3.8, 4) is 0 Å². The molecule has 0 amide bonds. The van der Waals surface area contributed by atoms with E-state index in [2.05, 4.69) is 49.2 Å². The standard InChI is InChI=1S/C13H21N3/c1-5-6-12-14-11(10-7-8-10)9-13(15(2)3)16(12)4/h5-6,9-10,12H,7-8H2,1-4H3. The largest absolute Gasteiger partial charge is 0.364 e. The van der Waals surface area contributed by atoms with Crippen molar-refractivity contribution in [3.05, 3.63) is 24.0 Å². The molecule has 2 rings (SSSR count). The van der Waals surface area contributed by atoms with Gasteiger partial charge in [0, 0.05) is 32.8 Å². The molecule has 88 valence electrons. The van der Waals surface area contributed by atoms with Gasteiger partial charge in [0.2, 0.25) is 0 Å². The van der Waals surface area contributed by atoms with Crippen molar-refractivity contribution in [2.75, 3.05) is 21.1 Å². The minimum Gasteiger partial charge on any atom is -0.364 e. The molecule has 1 heterocycles. The summed E-state index contributed by atoms with van der Waals surface area (Å²) >= 11 is 0. The van der Waals surface area contributed by atoms with E-state index in [1.165, 1.54) is 24.4 Å². The van der Waals surface area contributed by atoms with Crippen LogP contribution in [0.15, 0.2) is 29.0 Å². The molecule has 1 fully saturated rings. The third kappa shape index (κ3) is 2.13. The predicted octanol–water partition coefficient (Wildman–Crippen LogP) is 2.09. The fraction of sp³-hybridized carbons (Fsp3) is 0.615. The minimum absolute atomic E-state index is 0.169. The molecular formula is C13H21N3. The number of rotatable bonds is 3. The fourth-order valence-corrected chi connectivity index (χ4v) is 2.04. The zero-order valence-corrected chi connectivity index (χ0v) is 10.6. The Morgan fingerprint density at radius 1 is 1.44 bits per heavy atom. The molecule has 3 heteroatoms. The van der Waals surface area contributed by atoms with Crippen LogP contribution in [0.4, 0.5) is 0 Å². The van der Waals surface area contributed by atoms with Gasteiger partial charge >= 0.3 is 0 Å². The number of nitrogens with zero attached hydrogens (tertiary/aromatic N) is 3. The van der Waals surface area contributed by atoms with Crippen LogP contribution in [0.1, 0.15) is 19.8 Å². The first-order valence-corrected chi connectivity index (χ1v) is 5.96. The van der Waals surface area contributed by atoms with Gasteiger partial charge in [0.25, 0.3) is 0 Å². The maximum Gasteiger partial charge on any atom is 0.141 e. The summed E-state index contributed by atoms with van der Waals surface area (Å²) in [6, 6.07) is 0. The van der Waals surface area contributed by atoms with Crippen molar-refractivity contribution in [2.24, 2.45) is 10.9 Å². The topological polar surface area (TPSA) is 18.8 Å². The second-order valence-corrected chi connectivity index (χ2v) is 4.78. The highest BCUT2D eigenvalue weighted by atomic mass is 15.4. The van der Waals surface area contributed by atoms with Crippen molar-refractivity contribution >= 4 is 5.71 Å². The van der Waals surface area contributed by atoms with Crippen molar-refractivity contribution in [1.82, 2.24) is 9.80 Å². The molecule has 0 aromatic carbocycles. The Balaban J connectivity index is 2.27. The van der Waals surface area contributed by atoms with Gasteiger partial charge in [0.1, 0.15) is 12.0 Å². The molecule has 2 aliphatic rings. The molecule has 1 aliphatic carbocycles. The quantitative estimate of drug-likeness (QED) is 0.677. The van der Waals surface area contributed by atoms with E-state index in [9.17, 15) is 0 Å². The van der Waals surface area contributed by atoms with Gasteiger partial charge in [0.15, 0.2) is 0 Å². The zero-order chi connectivity index (χ0) is 11.7. The van der Waals surface area contributed by atoms with Gasteiger partial charge in [-0.3, -0.25) is 4.99 Å². The van der Waals surface area contributed by atoms with Crippen molar-refractivity contribution in [3.63, 3.8) is 0 Å². The van der Waals surface area contributed by atoms with Gasteiger partial charge < -0.3 is 9.80 Å². The molecule has 0 aromatic rings. The van der Waals surface area contributed by atoms with Gasteiger partial charge in [-0.05, 0) is 31.9 Å². The first-order valence-electron chi connectivity index (χ1n) is 5.96. The monoisotopic (exact) mass is 219 g/mol. The summed E-state index contributed by atoms with van der Waals surface area (Å²) in [5.41, 5.74) is 1.28. The van der Waals surface area contributed by atoms with Crippen LogP contribution in [0.5, 0.6) is 0 Å². The lowest BCUT2D eigenvalue weighted by atomic mass is 10.2. The lowest BCUT2D eigenvalue weighted by Gasteiger charge is -2.35. The van der Waals surface area contributed by atoms with Crippen molar-refractivity contribution in [2.45, 2.75) is 25.9 Å². The fourth-order valence-electron chi connectivity index (χ4n) is 2.04. The molecule has 1 atom stereocenters. The number of aliphatic imine (C=N–C) groups is 1. The van der Waals surface area contributed by atoms with E-state index in [-0.39, 0.29) is 6.17 Å². The van der Waals surface area contributed by atoms with E-state index in [0.717, 1.165) is 5.92 Å². The Labute approximate surface area is 98.1 Å². The molecule has 0 N–H and O–H groups in total. The number of hydrogen-bond donors (Lipinski definition) is 0. The van der Waals surface area contributed by atoms with Crippen molar-refractivity contribution < 1.29 is 0 Å². The third-order valence-electron chi connectivity index (χ3n) is 3.13. The number of allylic oxidation sites excluding steroid dienone is 2. The molecule has 16 heavy (non-hydrogen) atoms. The molecule has 1 saturated carbocycles. The summed E-state index contributed by atoms with van der Waals surface area (Å²) in [4.78, 5) is 9.17. The van der Waals surface area contributed by atoms with Crippen LogP contribution in [-0.4, -0.2) is 42.8 Å². The Bertz CT molecular complexity index is 348. The van der Waals surface area contributed by atoms with Gasteiger partial charge in [-0.25, -0.2) is 0 Å². The van der Waals surface area contributed by atoms with Gasteiger partial charge in [0.05, 0.1) is 0 Å². The predicted molar refractivity (Wildman–Crippen MR) is 68.3 cm³/mol. The number of likely N-dealkylation sites (N-methyl/N-ethyl adjacent to an activating group) is 1. The van der Waals surface area contributed by atoms with E-state index < -0.39 is 0 Å². The van der Waals surface area contributed by atoms with Crippen LogP contribution in [0.2, 0.25) is 0 Å². The van der Waals surface area contributed by atoms with Crippen molar-refractivity contribution in [1.29, 1.82) is 0 Å². The highest BCUT2D eigenvalue weighted by Crippen LogP contribution is 2.34. The summed E-state index contributed by atoms with van der Waals surface area (Å²) in [5.74, 6) is 1.97.